The first-order valence-electron chi connectivity index (χ1n) is 8.95. The second-order valence-corrected chi connectivity index (χ2v) is 6.41. The molecule has 0 unspecified atom stereocenters. The minimum absolute atomic E-state index is 0. The van der Waals surface area contributed by atoms with Crippen molar-refractivity contribution in [2.45, 2.75) is 58.3 Å². The number of aromatic nitrogens is 1. The second-order valence-electron chi connectivity index (χ2n) is 6.41. The lowest BCUT2D eigenvalue weighted by Crippen LogP contribution is -3.00. The van der Waals surface area contributed by atoms with E-state index in [9.17, 15) is 19.2 Å². The van der Waals surface area contributed by atoms with E-state index in [0.717, 1.165) is 0 Å². The normalized spacial score (nSPS) is 25.3. The van der Waals surface area contributed by atoms with Crippen molar-refractivity contribution in [2.24, 2.45) is 0 Å². The molecule has 0 bridgehead atoms. The first kappa shape index (κ1) is 25.5. The topological polar surface area (TPSA) is 118 Å². The summed E-state index contributed by atoms with van der Waals surface area (Å²) in [6.45, 7) is 4.51. The van der Waals surface area contributed by atoms with Crippen molar-refractivity contribution in [1.82, 2.24) is 0 Å². The molecule has 2 heterocycles. The van der Waals surface area contributed by atoms with Gasteiger partial charge < -0.3 is 40.7 Å². The lowest BCUT2D eigenvalue weighted by molar-refractivity contribution is -0.777. The molecular formula is C19H24BrNO9. The van der Waals surface area contributed by atoms with Crippen molar-refractivity contribution in [3.05, 3.63) is 30.6 Å². The number of ether oxygens (including phenoxy) is 5. The van der Waals surface area contributed by atoms with E-state index in [0.29, 0.717) is 0 Å². The Morgan fingerprint density at radius 3 is 1.77 bits per heavy atom. The number of hydrogen-bond acceptors (Lipinski definition) is 9. The van der Waals surface area contributed by atoms with Gasteiger partial charge in [0.15, 0.2) is 24.6 Å². The molecule has 166 valence electrons. The Balaban J connectivity index is 0.00000450. The molecular weight excluding hydrogens is 466 g/mol. The van der Waals surface area contributed by atoms with Crippen LogP contribution in [0.5, 0.6) is 0 Å². The number of esters is 4. The zero-order chi connectivity index (χ0) is 21.6. The molecule has 2 rings (SSSR count). The zero-order valence-corrected chi connectivity index (χ0v) is 18.6. The van der Waals surface area contributed by atoms with Gasteiger partial charge in [-0.15, -0.1) is 0 Å². The van der Waals surface area contributed by atoms with Crippen LogP contribution in [0.4, 0.5) is 0 Å². The lowest BCUT2D eigenvalue weighted by atomic mass is 9.97. The van der Waals surface area contributed by atoms with Gasteiger partial charge in [0.2, 0.25) is 6.10 Å². The van der Waals surface area contributed by atoms with Crippen molar-refractivity contribution in [3.8, 4) is 0 Å². The third-order valence-corrected chi connectivity index (χ3v) is 4.00. The van der Waals surface area contributed by atoms with Crippen LogP contribution >= 0.6 is 0 Å². The van der Waals surface area contributed by atoms with E-state index in [1.807, 2.05) is 0 Å². The van der Waals surface area contributed by atoms with Gasteiger partial charge in [0.05, 0.1) is 0 Å². The standard InChI is InChI=1S/C19H24NO9.BrH/c1-11(21)25-10-15-16(26-12(2)22)17(27-13(3)23)18(28-14(4)24)19(29-15)20-8-6-5-7-9-20;/h5-9,15-19H,10H2,1-4H3;1H/q+1;/p-1/t15-,16-,17+,18-,19-;/m1./s1. The van der Waals surface area contributed by atoms with Gasteiger partial charge in [-0.2, -0.15) is 4.57 Å². The maximum atomic E-state index is 11.8. The Kier molecular flexibility index (Phi) is 9.86. The predicted molar refractivity (Wildman–Crippen MR) is 93.8 cm³/mol. The molecule has 0 saturated carbocycles. The van der Waals surface area contributed by atoms with E-state index in [4.69, 9.17) is 23.7 Å². The van der Waals surface area contributed by atoms with Crippen molar-refractivity contribution >= 4 is 23.9 Å². The minimum Gasteiger partial charge on any atom is -1.00 e. The second kappa shape index (κ2) is 11.6. The van der Waals surface area contributed by atoms with Gasteiger partial charge in [-0.25, -0.2) is 0 Å². The van der Waals surface area contributed by atoms with Crippen LogP contribution in [0.3, 0.4) is 0 Å². The van der Waals surface area contributed by atoms with Gasteiger partial charge >= 0.3 is 30.1 Å². The van der Waals surface area contributed by atoms with Crippen LogP contribution in [0.2, 0.25) is 0 Å². The fourth-order valence-corrected chi connectivity index (χ4v) is 3.03. The van der Waals surface area contributed by atoms with Gasteiger partial charge in [-0.3, -0.25) is 19.2 Å². The monoisotopic (exact) mass is 489 g/mol. The van der Waals surface area contributed by atoms with Gasteiger partial charge in [0.1, 0.15) is 12.7 Å². The van der Waals surface area contributed by atoms with E-state index >= 15 is 0 Å². The summed E-state index contributed by atoms with van der Waals surface area (Å²) in [7, 11) is 0. The highest BCUT2D eigenvalue weighted by Gasteiger charge is 2.55. The molecule has 0 radical (unpaired) electrons. The Hall–Kier alpha value is -2.53. The predicted octanol–water partition coefficient (Wildman–Crippen LogP) is -2.77. The number of pyridine rings is 1. The van der Waals surface area contributed by atoms with Crippen molar-refractivity contribution < 1.29 is 64.4 Å². The van der Waals surface area contributed by atoms with E-state index in [1.54, 1.807) is 35.2 Å². The third kappa shape index (κ3) is 7.06. The molecule has 1 aliphatic heterocycles. The summed E-state index contributed by atoms with van der Waals surface area (Å²) in [5.41, 5.74) is 0. The minimum atomic E-state index is -1.19. The number of nitrogens with zero attached hydrogens (tertiary/aromatic N) is 1. The van der Waals surface area contributed by atoms with Crippen LogP contribution in [0.25, 0.3) is 0 Å². The van der Waals surface area contributed by atoms with Crippen LogP contribution in [0, 0.1) is 0 Å². The largest absolute Gasteiger partial charge is 1.00 e. The van der Waals surface area contributed by atoms with Crippen molar-refractivity contribution in [1.29, 1.82) is 0 Å². The summed E-state index contributed by atoms with van der Waals surface area (Å²) >= 11 is 0. The molecule has 0 spiro atoms. The fourth-order valence-electron chi connectivity index (χ4n) is 3.03. The highest BCUT2D eigenvalue weighted by Crippen LogP contribution is 2.32. The molecule has 1 aromatic rings. The van der Waals surface area contributed by atoms with Crippen LogP contribution in [0.1, 0.15) is 33.9 Å². The summed E-state index contributed by atoms with van der Waals surface area (Å²) in [5, 5.41) is 0. The maximum absolute atomic E-state index is 11.8. The van der Waals surface area contributed by atoms with Gasteiger partial charge in [0, 0.05) is 39.8 Å². The smallest absolute Gasteiger partial charge is 0.304 e. The molecule has 5 atom stereocenters. The highest BCUT2D eigenvalue weighted by molar-refractivity contribution is 5.68. The summed E-state index contributed by atoms with van der Waals surface area (Å²) in [6.07, 6.45) is -2.05. The Morgan fingerprint density at radius 2 is 1.27 bits per heavy atom. The van der Waals surface area contributed by atoms with Crippen molar-refractivity contribution in [2.75, 3.05) is 6.61 Å². The third-order valence-electron chi connectivity index (χ3n) is 4.00. The summed E-state index contributed by atoms with van der Waals surface area (Å²) in [6, 6.07) is 5.24. The fraction of sp³-hybridized carbons (Fsp3) is 0.526. The quantitative estimate of drug-likeness (QED) is 0.237. The lowest BCUT2D eigenvalue weighted by Gasteiger charge is -2.41. The Labute approximate surface area is 184 Å². The van der Waals surface area contributed by atoms with Gasteiger partial charge in [-0.1, -0.05) is 6.07 Å². The maximum Gasteiger partial charge on any atom is 0.304 e. The molecule has 0 N–H and O–H groups in total. The molecule has 1 aliphatic rings. The SMILES string of the molecule is CC(=O)OC[C@H]1O[C@@H]([n+]2ccccc2)[C@H](OC(C)=O)[C@@H](OC(C)=O)[C@@H]1OC(C)=O.[Br-]. The first-order valence-corrected chi connectivity index (χ1v) is 8.95. The summed E-state index contributed by atoms with van der Waals surface area (Å²) in [4.78, 5) is 46.5. The summed E-state index contributed by atoms with van der Waals surface area (Å²) in [5.74, 6) is -2.55. The number of rotatable bonds is 6. The van der Waals surface area contributed by atoms with Crippen LogP contribution in [-0.2, 0) is 42.9 Å². The number of carbonyl (C=O) groups excluding carboxylic acids is 4. The average Bonchev–Trinajstić information content (AvgIpc) is 2.63. The van der Waals surface area contributed by atoms with E-state index < -0.39 is 54.5 Å². The molecule has 0 amide bonds. The highest BCUT2D eigenvalue weighted by atomic mass is 79.9. The molecule has 0 aromatic carbocycles. The van der Waals surface area contributed by atoms with E-state index in [-0.39, 0.29) is 23.6 Å². The molecule has 10 nitrogen and oxygen atoms in total. The van der Waals surface area contributed by atoms with E-state index in [1.165, 1.54) is 27.7 Å². The first-order chi connectivity index (χ1) is 13.7. The van der Waals surface area contributed by atoms with Gasteiger partial charge in [0.25, 0.3) is 0 Å². The zero-order valence-electron chi connectivity index (χ0n) is 17.0. The van der Waals surface area contributed by atoms with Gasteiger partial charge in [-0.05, 0) is 0 Å². The average molecular weight is 490 g/mol. The molecule has 1 fully saturated rings. The molecule has 1 aromatic heterocycles. The molecule has 0 aliphatic carbocycles. The van der Waals surface area contributed by atoms with Crippen LogP contribution < -0.4 is 21.5 Å². The van der Waals surface area contributed by atoms with Crippen LogP contribution in [0.15, 0.2) is 30.6 Å². The van der Waals surface area contributed by atoms with Crippen molar-refractivity contribution in [3.63, 3.8) is 0 Å². The molecule has 11 heteroatoms. The van der Waals surface area contributed by atoms with E-state index in [2.05, 4.69) is 0 Å². The Bertz CT molecular complexity index is 758. The molecule has 1 saturated heterocycles. The number of carbonyl (C=O) groups is 4. The Morgan fingerprint density at radius 1 is 0.767 bits per heavy atom. The number of hydrogen-bond donors (Lipinski definition) is 0. The summed E-state index contributed by atoms with van der Waals surface area (Å²) < 4.78 is 28.7. The molecule has 30 heavy (non-hydrogen) atoms. The van der Waals surface area contributed by atoms with Crippen LogP contribution in [-0.4, -0.2) is 54.9 Å². The number of halogens is 1.